The molecule has 0 heterocycles. The normalized spacial score (nSPS) is 13.3. The smallest absolute Gasteiger partial charge is 0.334 e. The van der Waals surface area contributed by atoms with Crippen LogP contribution < -0.4 is 0 Å². The Morgan fingerprint density at radius 1 is 0.944 bits per heavy atom. The summed E-state index contributed by atoms with van der Waals surface area (Å²) >= 11 is 0. The molecule has 18 heavy (non-hydrogen) atoms. The fourth-order valence-electron chi connectivity index (χ4n) is 2.72. The molecule has 0 N–H and O–H groups in total. The van der Waals surface area contributed by atoms with E-state index in [4.69, 9.17) is 8.85 Å². The van der Waals surface area contributed by atoms with E-state index >= 15 is 0 Å². The van der Waals surface area contributed by atoms with Gasteiger partial charge in [0.1, 0.15) is 8.24 Å². The SMILES string of the molecule is CC[Si](CC)(CC)N(C)CCC[Si](C)(OC)OC. The van der Waals surface area contributed by atoms with E-state index in [0.717, 1.165) is 6.04 Å². The first kappa shape index (κ1) is 18.3. The Morgan fingerprint density at radius 2 is 1.39 bits per heavy atom. The molecule has 0 aliphatic rings. The summed E-state index contributed by atoms with van der Waals surface area (Å²) in [6.45, 7) is 10.4. The first-order valence-electron chi connectivity index (χ1n) is 7.25. The fraction of sp³-hybridized carbons (Fsp3) is 1.00. The van der Waals surface area contributed by atoms with Gasteiger partial charge < -0.3 is 13.4 Å². The highest BCUT2D eigenvalue weighted by molar-refractivity contribution is 6.77. The van der Waals surface area contributed by atoms with Crippen molar-refractivity contribution in [2.24, 2.45) is 0 Å². The van der Waals surface area contributed by atoms with Crippen molar-refractivity contribution in [1.29, 1.82) is 0 Å². The predicted octanol–water partition coefficient (Wildman–Crippen LogP) is 3.68. The zero-order valence-electron chi connectivity index (χ0n) is 13.5. The lowest BCUT2D eigenvalue weighted by Crippen LogP contribution is -2.50. The molecule has 0 aromatic rings. The maximum Gasteiger partial charge on any atom is 0.334 e. The summed E-state index contributed by atoms with van der Waals surface area (Å²) in [6, 6.07) is 5.17. The van der Waals surface area contributed by atoms with Crippen molar-refractivity contribution in [2.75, 3.05) is 27.8 Å². The first-order chi connectivity index (χ1) is 8.43. The number of hydrogen-bond donors (Lipinski definition) is 0. The summed E-state index contributed by atoms with van der Waals surface area (Å²) in [6.07, 6.45) is 1.19. The Kier molecular flexibility index (Phi) is 8.63. The van der Waals surface area contributed by atoms with Crippen LogP contribution in [0, 0.1) is 0 Å². The summed E-state index contributed by atoms with van der Waals surface area (Å²) in [5.74, 6) is 0. The largest absolute Gasteiger partial charge is 0.398 e. The Labute approximate surface area is 116 Å². The second-order valence-electron chi connectivity index (χ2n) is 5.35. The van der Waals surface area contributed by atoms with E-state index in [0.29, 0.717) is 0 Å². The highest BCUT2D eigenvalue weighted by atomic mass is 28.4. The Balaban J connectivity index is 4.28. The maximum atomic E-state index is 5.54. The van der Waals surface area contributed by atoms with Gasteiger partial charge in [-0.3, -0.25) is 0 Å². The average molecular weight is 292 g/mol. The van der Waals surface area contributed by atoms with Gasteiger partial charge in [-0.1, -0.05) is 20.8 Å². The van der Waals surface area contributed by atoms with E-state index in [1.807, 2.05) is 0 Å². The second kappa shape index (κ2) is 8.48. The lowest BCUT2D eigenvalue weighted by Gasteiger charge is -2.38. The van der Waals surface area contributed by atoms with Crippen LogP contribution in [0.5, 0.6) is 0 Å². The average Bonchev–Trinajstić information content (AvgIpc) is 2.41. The molecule has 0 radical (unpaired) electrons. The molecule has 0 aliphatic carbocycles. The van der Waals surface area contributed by atoms with Crippen LogP contribution in [0.3, 0.4) is 0 Å². The fourth-order valence-corrected chi connectivity index (χ4v) is 7.85. The second-order valence-corrected chi connectivity index (χ2v) is 14.3. The first-order valence-corrected chi connectivity index (χ1v) is 12.3. The van der Waals surface area contributed by atoms with Gasteiger partial charge in [-0.05, 0) is 50.7 Å². The van der Waals surface area contributed by atoms with Crippen LogP contribution in [0.15, 0.2) is 0 Å². The minimum Gasteiger partial charge on any atom is -0.398 e. The number of hydrogen-bond acceptors (Lipinski definition) is 3. The molecule has 0 aliphatic heterocycles. The molecule has 0 aromatic heterocycles. The molecule has 3 nitrogen and oxygen atoms in total. The van der Waals surface area contributed by atoms with Crippen molar-refractivity contribution < 1.29 is 8.85 Å². The van der Waals surface area contributed by atoms with Crippen LogP contribution in [-0.2, 0) is 8.85 Å². The van der Waals surface area contributed by atoms with Gasteiger partial charge in [-0.25, -0.2) is 0 Å². The molecular weight excluding hydrogens is 258 g/mol. The minimum atomic E-state index is -1.87. The summed E-state index contributed by atoms with van der Waals surface area (Å²) in [5, 5.41) is 0. The number of nitrogens with zero attached hydrogens (tertiary/aromatic N) is 1. The molecule has 0 saturated carbocycles. The van der Waals surface area contributed by atoms with Crippen LogP contribution in [0.1, 0.15) is 27.2 Å². The monoisotopic (exact) mass is 291 g/mol. The number of rotatable bonds is 10. The third-order valence-corrected chi connectivity index (χ3v) is 13.6. The van der Waals surface area contributed by atoms with Gasteiger partial charge in [0.2, 0.25) is 0 Å². The predicted molar refractivity (Wildman–Crippen MR) is 84.9 cm³/mol. The highest BCUT2D eigenvalue weighted by Crippen LogP contribution is 2.24. The van der Waals surface area contributed by atoms with Crippen LogP contribution in [0.2, 0.25) is 30.7 Å². The van der Waals surface area contributed by atoms with Crippen LogP contribution >= 0.6 is 0 Å². The molecule has 0 atom stereocenters. The van der Waals surface area contributed by atoms with Crippen molar-refractivity contribution in [3.63, 3.8) is 0 Å². The molecule has 0 unspecified atom stereocenters. The van der Waals surface area contributed by atoms with Crippen LogP contribution in [-0.4, -0.2) is 49.2 Å². The standard InChI is InChI=1S/C13H33NO2Si2/c1-8-18(9-2,10-3)14(4)12-11-13-17(7,15-5)16-6/h8-13H2,1-7H3. The van der Waals surface area contributed by atoms with Crippen molar-refractivity contribution in [2.45, 2.75) is 57.9 Å². The van der Waals surface area contributed by atoms with E-state index in [2.05, 4.69) is 38.9 Å². The van der Waals surface area contributed by atoms with Crippen molar-refractivity contribution in [1.82, 2.24) is 4.57 Å². The van der Waals surface area contributed by atoms with E-state index in [9.17, 15) is 0 Å². The highest BCUT2D eigenvalue weighted by Gasteiger charge is 2.33. The molecule has 0 fully saturated rings. The van der Waals surface area contributed by atoms with Gasteiger partial charge in [0.15, 0.2) is 0 Å². The van der Waals surface area contributed by atoms with Gasteiger partial charge in [-0.2, -0.15) is 0 Å². The summed E-state index contributed by atoms with van der Waals surface area (Å²) in [5.41, 5.74) is 0. The summed E-state index contributed by atoms with van der Waals surface area (Å²) < 4.78 is 13.8. The lowest BCUT2D eigenvalue weighted by atomic mass is 10.5. The molecule has 0 spiro atoms. The quantitative estimate of drug-likeness (QED) is 0.573. The van der Waals surface area contributed by atoms with E-state index < -0.39 is 16.8 Å². The van der Waals surface area contributed by atoms with Gasteiger partial charge in [0.25, 0.3) is 0 Å². The Bertz CT molecular complexity index is 211. The Morgan fingerprint density at radius 3 is 1.72 bits per heavy atom. The molecule has 0 saturated heterocycles. The van der Waals surface area contributed by atoms with E-state index in [1.165, 1.54) is 31.1 Å². The molecule has 0 rings (SSSR count). The molecular formula is C13H33NO2Si2. The summed E-state index contributed by atoms with van der Waals surface area (Å²) in [7, 11) is 2.85. The van der Waals surface area contributed by atoms with Crippen LogP contribution in [0.25, 0.3) is 0 Å². The zero-order valence-corrected chi connectivity index (χ0v) is 15.5. The molecule has 110 valence electrons. The van der Waals surface area contributed by atoms with Crippen molar-refractivity contribution in [3.8, 4) is 0 Å². The van der Waals surface area contributed by atoms with E-state index in [1.54, 1.807) is 14.2 Å². The molecule has 0 aromatic carbocycles. The van der Waals surface area contributed by atoms with Crippen LogP contribution in [0.4, 0.5) is 0 Å². The van der Waals surface area contributed by atoms with Crippen molar-refractivity contribution in [3.05, 3.63) is 0 Å². The topological polar surface area (TPSA) is 21.7 Å². The minimum absolute atomic E-state index is 1.09. The van der Waals surface area contributed by atoms with Gasteiger partial charge in [0, 0.05) is 14.2 Å². The van der Waals surface area contributed by atoms with Gasteiger partial charge in [-0.15, -0.1) is 0 Å². The van der Waals surface area contributed by atoms with Gasteiger partial charge >= 0.3 is 8.56 Å². The molecule has 0 bridgehead atoms. The van der Waals surface area contributed by atoms with E-state index in [-0.39, 0.29) is 0 Å². The lowest BCUT2D eigenvalue weighted by molar-refractivity contribution is 0.247. The van der Waals surface area contributed by atoms with Gasteiger partial charge in [0.05, 0.1) is 0 Å². The molecule has 5 heteroatoms. The maximum absolute atomic E-state index is 5.54. The summed E-state index contributed by atoms with van der Waals surface area (Å²) in [4.78, 5) is 0. The molecule has 0 amide bonds. The third-order valence-electron chi connectivity index (χ3n) is 4.77. The Hall–Kier alpha value is 0.314. The van der Waals surface area contributed by atoms with Crippen molar-refractivity contribution >= 4 is 16.8 Å². The third kappa shape index (κ3) is 4.77. The zero-order chi connectivity index (χ0) is 14.2.